The van der Waals surface area contributed by atoms with Crippen molar-refractivity contribution in [3.63, 3.8) is 0 Å². The van der Waals surface area contributed by atoms with Crippen molar-refractivity contribution in [3.05, 3.63) is 28.8 Å². The van der Waals surface area contributed by atoms with E-state index in [1.54, 1.807) is 25.1 Å². The van der Waals surface area contributed by atoms with Crippen molar-refractivity contribution in [2.45, 2.75) is 13.0 Å². The van der Waals surface area contributed by atoms with Gasteiger partial charge in [0.1, 0.15) is 0 Å². The molecule has 1 aromatic carbocycles. The molecule has 1 aliphatic rings. The third kappa shape index (κ3) is 2.51. The molecular formula is C12H11ClN2O3. The topological polar surface area (TPSA) is 67.8 Å². The second-order valence-electron chi connectivity index (χ2n) is 3.65. The highest BCUT2D eigenvalue weighted by molar-refractivity contribution is 6.31. The monoisotopic (exact) mass is 266 g/mol. The lowest BCUT2D eigenvalue weighted by molar-refractivity contribution is -0.146. The predicted molar refractivity (Wildman–Crippen MR) is 68.1 cm³/mol. The fourth-order valence-corrected chi connectivity index (χ4v) is 1.75. The second kappa shape index (κ2) is 5.18. The van der Waals surface area contributed by atoms with Gasteiger partial charge in [-0.05, 0) is 25.1 Å². The third-order valence-corrected chi connectivity index (χ3v) is 2.63. The Balaban J connectivity index is 2.30. The van der Waals surface area contributed by atoms with E-state index in [-0.39, 0.29) is 6.61 Å². The smallest absolute Gasteiger partial charge is 0.340 e. The summed E-state index contributed by atoms with van der Waals surface area (Å²) in [6.45, 7) is 1.88. The lowest BCUT2D eigenvalue weighted by Crippen LogP contribution is -2.34. The minimum Gasteiger partial charge on any atom is -0.464 e. The quantitative estimate of drug-likeness (QED) is 0.654. The average molecular weight is 267 g/mol. The van der Waals surface area contributed by atoms with Crippen molar-refractivity contribution in [1.29, 1.82) is 0 Å². The van der Waals surface area contributed by atoms with E-state index < -0.39 is 17.9 Å². The molecule has 0 radical (unpaired) electrons. The van der Waals surface area contributed by atoms with Crippen molar-refractivity contribution in [1.82, 2.24) is 0 Å². The number of halogens is 1. The Morgan fingerprint density at radius 3 is 3.06 bits per heavy atom. The number of amides is 1. The van der Waals surface area contributed by atoms with Crippen LogP contribution in [0.5, 0.6) is 0 Å². The number of benzene rings is 1. The van der Waals surface area contributed by atoms with Gasteiger partial charge >= 0.3 is 5.97 Å². The maximum atomic E-state index is 11.8. The largest absolute Gasteiger partial charge is 0.464 e. The number of aliphatic imine (C=N–C) groups is 1. The van der Waals surface area contributed by atoms with Crippen LogP contribution in [-0.2, 0) is 14.3 Å². The molecule has 0 spiro atoms. The molecule has 1 N–H and O–H groups in total. The Kier molecular flexibility index (Phi) is 3.62. The van der Waals surface area contributed by atoms with E-state index >= 15 is 0 Å². The zero-order chi connectivity index (χ0) is 13.1. The number of carbonyl (C=O) groups is 2. The summed E-state index contributed by atoms with van der Waals surface area (Å²) in [5.41, 5.74) is 1.22. The van der Waals surface area contributed by atoms with Crippen molar-refractivity contribution >= 4 is 35.4 Å². The highest BCUT2D eigenvalue weighted by atomic mass is 35.5. The van der Waals surface area contributed by atoms with Gasteiger partial charge in [-0.2, -0.15) is 0 Å². The molecule has 1 atom stereocenters. The standard InChI is InChI=1S/C12H11ClN2O3/c1-2-18-12(17)10-11(16)15-9-4-3-8(13)5-7(9)6-14-10/h3-6,10H,2H2,1H3,(H,15,16)/t10-/m0/s1. The number of benzodiazepines with no additional fused rings is 1. The molecule has 1 aromatic rings. The summed E-state index contributed by atoms with van der Waals surface area (Å²) in [5.74, 6) is -1.17. The van der Waals surface area contributed by atoms with Crippen LogP contribution in [0.4, 0.5) is 5.69 Å². The van der Waals surface area contributed by atoms with E-state index in [4.69, 9.17) is 16.3 Å². The minimum atomic E-state index is -1.17. The van der Waals surface area contributed by atoms with Gasteiger partial charge in [0.2, 0.25) is 6.04 Å². The number of carbonyl (C=O) groups excluding carboxylic acids is 2. The number of hydrogen-bond acceptors (Lipinski definition) is 4. The Hall–Kier alpha value is -1.88. The van der Waals surface area contributed by atoms with E-state index in [1.165, 1.54) is 6.21 Å². The molecule has 1 amide bonds. The van der Waals surface area contributed by atoms with Crippen LogP contribution in [0.1, 0.15) is 12.5 Å². The molecule has 0 aliphatic carbocycles. The number of nitrogens with zero attached hydrogens (tertiary/aromatic N) is 1. The first kappa shape index (κ1) is 12.6. The summed E-state index contributed by atoms with van der Waals surface area (Å²) in [6, 6.07) is 3.80. The number of rotatable bonds is 2. The van der Waals surface area contributed by atoms with Crippen LogP contribution in [-0.4, -0.2) is 30.7 Å². The van der Waals surface area contributed by atoms with Gasteiger partial charge in [0, 0.05) is 22.5 Å². The van der Waals surface area contributed by atoms with Gasteiger partial charge in [0.05, 0.1) is 6.61 Å². The maximum Gasteiger partial charge on any atom is 0.340 e. The molecule has 18 heavy (non-hydrogen) atoms. The Morgan fingerprint density at radius 1 is 1.56 bits per heavy atom. The molecule has 0 saturated carbocycles. The predicted octanol–water partition coefficient (Wildman–Crippen LogP) is 1.64. The van der Waals surface area contributed by atoms with E-state index in [2.05, 4.69) is 10.3 Å². The van der Waals surface area contributed by atoms with Gasteiger partial charge in [-0.3, -0.25) is 9.79 Å². The highest BCUT2D eigenvalue weighted by Gasteiger charge is 2.29. The molecule has 94 valence electrons. The molecule has 2 rings (SSSR count). The molecule has 0 saturated heterocycles. The highest BCUT2D eigenvalue weighted by Crippen LogP contribution is 2.21. The van der Waals surface area contributed by atoms with Crippen LogP contribution in [0.25, 0.3) is 0 Å². The molecule has 0 fully saturated rings. The molecule has 1 aliphatic heterocycles. The van der Waals surface area contributed by atoms with Crippen molar-refractivity contribution < 1.29 is 14.3 Å². The molecule has 6 heteroatoms. The van der Waals surface area contributed by atoms with Gasteiger partial charge in [-0.25, -0.2) is 4.79 Å². The number of esters is 1. The fraction of sp³-hybridized carbons (Fsp3) is 0.250. The van der Waals surface area contributed by atoms with Crippen LogP contribution in [0, 0.1) is 0 Å². The van der Waals surface area contributed by atoms with Crippen molar-refractivity contribution in [2.75, 3.05) is 11.9 Å². The SMILES string of the molecule is CCOC(=O)[C@H]1N=Cc2cc(Cl)ccc2NC1=O. The number of hydrogen-bond donors (Lipinski definition) is 1. The summed E-state index contributed by atoms with van der Waals surface area (Å²) in [7, 11) is 0. The minimum absolute atomic E-state index is 0.205. The lowest BCUT2D eigenvalue weighted by Gasteiger charge is -2.09. The first-order valence-corrected chi connectivity index (χ1v) is 5.80. The van der Waals surface area contributed by atoms with E-state index in [1.807, 2.05) is 0 Å². The van der Waals surface area contributed by atoms with Crippen molar-refractivity contribution in [3.8, 4) is 0 Å². The van der Waals surface area contributed by atoms with Crippen molar-refractivity contribution in [2.24, 2.45) is 4.99 Å². The van der Waals surface area contributed by atoms with Gasteiger partial charge in [0.15, 0.2) is 0 Å². The summed E-state index contributed by atoms with van der Waals surface area (Å²) >= 11 is 5.85. The van der Waals surface area contributed by atoms with Gasteiger partial charge in [0.25, 0.3) is 5.91 Å². The number of fused-ring (bicyclic) bond motifs is 1. The normalized spacial score (nSPS) is 17.7. The average Bonchev–Trinajstić information content (AvgIpc) is 2.48. The maximum absolute atomic E-state index is 11.8. The number of anilines is 1. The number of ether oxygens (including phenoxy) is 1. The third-order valence-electron chi connectivity index (χ3n) is 2.39. The van der Waals surface area contributed by atoms with Crippen LogP contribution < -0.4 is 5.32 Å². The summed E-state index contributed by atoms with van der Waals surface area (Å²) in [5, 5.41) is 3.15. The van der Waals surface area contributed by atoms with Gasteiger partial charge in [-0.1, -0.05) is 11.6 Å². The number of nitrogens with one attached hydrogen (secondary N) is 1. The fourth-order valence-electron chi connectivity index (χ4n) is 1.57. The van der Waals surface area contributed by atoms with Gasteiger partial charge < -0.3 is 10.1 Å². The lowest BCUT2D eigenvalue weighted by atomic mass is 10.2. The zero-order valence-corrected chi connectivity index (χ0v) is 10.4. The van der Waals surface area contributed by atoms with Crippen LogP contribution in [0.15, 0.2) is 23.2 Å². The van der Waals surface area contributed by atoms with E-state index in [0.717, 1.165) is 0 Å². The molecule has 0 aromatic heterocycles. The first-order chi connectivity index (χ1) is 8.61. The molecular weight excluding hydrogens is 256 g/mol. The zero-order valence-electron chi connectivity index (χ0n) is 9.64. The summed E-state index contributed by atoms with van der Waals surface area (Å²) < 4.78 is 4.79. The molecule has 0 bridgehead atoms. The van der Waals surface area contributed by atoms with E-state index in [0.29, 0.717) is 16.3 Å². The molecule has 1 heterocycles. The summed E-state index contributed by atoms with van der Waals surface area (Å²) in [4.78, 5) is 27.3. The first-order valence-electron chi connectivity index (χ1n) is 5.42. The Labute approximate surface area is 109 Å². The second-order valence-corrected chi connectivity index (χ2v) is 4.09. The molecule has 0 unspecified atom stereocenters. The Bertz CT molecular complexity index is 528. The van der Waals surface area contributed by atoms with Crippen LogP contribution >= 0.6 is 11.6 Å². The summed E-state index contributed by atoms with van der Waals surface area (Å²) in [6.07, 6.45) is 1.45. The van der Waals surface area contributed by atoms with Crippen LogP contribution in [0.3, 0.4) is 0 Å². The van der Waals surface area contributed by atoms with Gasteiger partial charge in [-0.15, -0.1) is 0 Å². The molecule has 5 nitrogen and oxygen atoms in total. The van der Waals surface area contributed by atoms with E-state index in [9.17, 15) is 9.59 Å². The van der Waals surface area contributed by atoms with Crippen LogP contribution in [0.2, 0.25) is 5.02 Å². The Morgan fingerprint density at radius 2 is 2.33 bits per heavy atom.